The van der Waals surface area contributed by atoms with Crippen molar-refractivity contribution < 1.29 is 23.8 Å². The van der Waals surface area contributed by atoms with E-state index in [2.05, 4.69) is 5.32 Å². The number of carboxylic acid groups (broad SMARTS) is 1. The van der Waals surface area contributed by atoms with E-state index < -0.39 is 23.5 Å². The highest BCUT2D eigenvalue weighted by Crippen LogP contribution is 2.30. The van der Waals surface area contributed by atoms with Crippen LogP contribution in [0.1, 0.15) is 22.3 Å². The molecule has 0 aliphatic rings. The Hall–Kier alpha value is -3.26. The van der Waals surface area contributed by atoms with E-state index in [1.165, 1.54) is 11.8 Å². The fourth-order valence-corrected chi connectivity index (χ4v) is 4.22. The van der Waals surface area contributed by atoms with Crippen LogP contribution in [-0.4, -0.2) is 30.3 Å². The van der Waals surface area contributed by atoms with Gasteiger partial charge in [-0.2, -0.15) is 11.8 Å². The van der Waals surface area contributed by atoms with Gasteiger partial charge in [0.25, 0.3) is 5.91 Å². The van der Waals surface area contributed by atoms with Gasteiger partial charge in [0.15, 0.2) is 6.61 Å². The van der Waals surface area contributed by atoms with Gasteiger partial charge >= 0.3 is 5.63 Å². The molecule has 8 heteroatoms. The first-order valence-electron chi connectivity index (χ1n) is 10.1. The standard InChI is InChI=1S/C24H25NO6S/c1-14-9-19(22-15(2)16(3)24(29)31-20(22)10-14)30-11-21(26)25-18(23(27)28)13-32-12-17-7-5-4-6-8-17/h4-10,18H,11-13H2,1-3H3,(H,25,26)(H,27,28)/p-1/t18-/m0/s1. The van der Waals surface area contributed by atoms with E-state index >= 15 is 0 Å². The van der Waals surface area contributed by atoms with Crippen molar-refractivity contribution in [1.29, 1.82) is 0 Å². The van der Waals surface area contributed by atoms with Gasteiger partial charge < -0.3 is 24.4 Å². The molecule has 0 saturated carbocycles. The largest absolute Gasteiger partial charge is 0.548 e. The first-order valence-corrected chi connectivity index (χ1v) is 11.2. The topological polar surface area (TPSA) is 109 Å². The van der Waals surface area contributed by atoms with Crippen molar-refractivity contribution in [2.24, 2.45) is 0 Å². The number of aliphatic carboxylic acids is 1. The van der Waals surface area contributed by atoms with Crippen LogP contribution in [0.4, 0.5) is 0 Å². The third kappa shape index (κ3) is 5.70. The molecule has 32 heavy (non-hydrogen) atoms. The first-order chi connectivity index (χ1) is 15.3. The van der Waals surface area contributed by atoms with Crippen LogP contribution in [0.3, 0.4) is 0 Å². The van der Waals surface area contributed by atoms with Crippen LogP contribution >= 0.6 is 11.8 Å². The summed E-state index contributed by atoms with van der Waals surface area (Å²) in [6, 6.07) is 12.0. The van der Waals surface area contributed by atoms with E-state index in [0.717, 1.165) is 11.1 Å². The molecule has 0 radical (unpaired) electrons. The number of carbonyl (C=O) groups excluding carboxylic acids is 2. The molecule has 7 nitrogen and oxygen atoms in total. The zero-order valence-corrected chi connectivity index (χ0v) is 18.9. The lowest BCUT2D eigenvalue weighted by molar-refractivity contribution is -0.307. The Kier molecular flexibility index (Phi) is 7.58. The number of thioether (sulfide) groups is 1. The van der Waals surface area contributed by atoms with Gasteiger partial charge in [0, 0.05) is 17.1 Å². The minimum Gasteiger partial charge on any atom is -0.548 e. The van der Waals surface area contributed by atoms with Crippen LogP contribution < -0.4 is 20.8 Å². The van der Waals surface area contributed by atoms with Crippen molar-refractivity contribution in [3.05, 3.63) is 75.1 Å². The smallest absolute Gasteiger partial charge is 0.339 e. The molecule has 0 aliphatic carbocycles. The quantitative estimate of drug-likeness (QED) is 0.494. The lowest BCUT2D eigenvalue weighted by atomic mass is 10.0. The minimum absolute atomic E-state index is 0.166. The summed E-state index contributed by atoms with van der Waals surface area (Å²) in [5.41, 5.74) is 2.98. The monoisotopic (exact) mass is 454 g/mol. The Bertz CT molecular complexity index is 1190. The van der Waals surface area contributed by atoms with Crippen LogP contribution in [0.5, 0.6) is 5.75 Å². The van der Waals surface area contributed by atoms with E-state index in [1.54, 1.807) is 26.0 Å². The average Bonchev–Trinajstić information content (AvgIpc) is 2.75. The molecule has 0 unspecified atom stereocenters. The second-order valence-electron chi connectivity index (χ2n) is 7.50. The van der Waals surface area contributed by atoms with Crippen molar-refractivity contribution >= 4 is 34.6 Å². The number of carbonyl (C=O) groups is 2. The summed E-state index contributed by atoms with van der Waals surface area (Å²) in [5, 5.41) is 14.5. The summed E-state index contributed by atoms with van der Waals surface area (Å²) < 4.78 is 11.1. The number of amides is 1. The third-order valence-corrected chi connectivity index (χ3v) is 6.14. The van der Waals surface area contributed by atoms with Gasteiger partial charge in [-0.1, -0.05) is 30.3 Å². The molecule has 1 heterocycles. The van der Waals surface area contributed by atoms with E-state index in [9.17, 15) is 19.5 Å². The Balaban J connectivity index is 1.65. The fourth-order valence-electron chi connectivity index (χ4n) is 3.22. The van der Waals surface area contributed by atoms with E-state index in [1.807, 2.05) is 37.3 Å². The van der Waals surface area contributed by atoms with Gasteiger partial charge in [-0.3, -0.25) is 4.79 Å². The van der Waals surface area contributed by atoms with Crippen LogP contribution in [0, 0.1) is 20.8 Å². The van der Waals surface area contributed by atoms with E-state index in [-0.39, 0.29) is 12.4 Å². The molecule has 1 aromatic heterocycles. The highest BCUT2D eigenvalue weighted by molar-refractivity contribution is 7.98. The Labute approximate surface area is 189 Å². The maximum Gasteiger partial charge on any atom is 0.339 e. The zero-order valence-electron chi connectivity index (χ0n) is 18.1. The number of carboxylic acids is 1. The summed E-state index contributed by atoms with van der Waals surface area (Å²) in [6.45, 7) is 4.88. The number of hydrogen-bond donors (Lipinski definition) is 1. The van der Waals surface area contributed by atoms with Crippen LogP contribution in [0.25, 0.3) is 11.0 Å². The molecule has 0 bridgehead atoms. The molecule has 0 saturated heterocycles. The highest BCUT2D eigenvalue weighted by Gasteiger charge is 2.17. The normalized spacial score (nSPS) is 11.8. The summed E-state index contributed by atoms with van der Waals surface area (Å²) in [7, 11) is 0. The molecule has 2 aromatic carbocycles. The molecule has 3 rings (SSSR count). The van der Waals surface area contributed by atoms with Crippen LogP contribution in [-0.2, 0) is 15.3 Å². The molecule has 0 aliphatic heterocycles. The summed E-state index contributed by atoms with van der Waals surface area (Å²) in [4.78, 5) is 35.8. The van der Waals surface area contributed by atoms with Gasteiger partial charge in [-0.25, -0.2) is 4.79 Å². The van der Waals surface area contributed by atoms with E-state index in [0.29, 0.717) is 33.6 Å². The molecule has 0 fully saturated rings. The summed E-state index contributed by atoms with van der Waals surface area (Å²) in [5.74, 6) is -0.757. The molecule has 1 N–H and O–H groups in total. The number of hydrogen-bond acceptors (Lipinski definition) is 7. The zero-order chi connectivity index (χ0) is 23.3. The second-order valence-corrected chi connectivity index (χ2v) is 8.53. The van der Waals surface area contributed by atoms with Gasteiger partial charge in [0.2, 0.25) is 0 Å². The lowest BCUT2D eigenvalue weighted by Crippen LogP contribution is -2.50. The molecule has 1 amide bonds. The van der Waals surface area contributed by atoms with Gasteiger partial charge in [-0.15, -0.1) is 0 Å². The maximum absolute atomic E-state index is 12.4. The van der Waals surface area contributed by atoms with Crippen molar-refractivity contribution in [3.8, 4) is 5.75 Å². The van der Waals surface area contributed by atoms with Gasteiger partial charge in [0.1, 0.15) is 11.3 Å². The van der Waals surface area contributed by atoms with Gasteiger partial charge in [-0.05, 0) is 49.6 Å². The molecular weight excluding hydrogens is 430 g/mol. The van der Waals surface area contributed by atoms with Crippen LogP contribution in [0.15, 0.2) is 51.7 Å². The van der Waals surface area contributed by atoms with Crippen molar-refractivity contribution in [2.45, 2.75) is 32.6 Å². The number of benzene rings is 2. The third-order valence-electron chi connectivity index (χ3n) is 5.03. The van der Waals surface area contributed by atoms with Crippen molar-refractivity contribution in [1.82, 2.24) is 5.32 Å². The Morgan fingerprint density at radius 2 is 1.84 bits per heavy atom. The average molecular weight is 455 g/mol. The molecule has 1 atom stereocenters. The molecular formula is C24H24NO6S-. The number of ether oxygens (including phenoxy) is 1. The number of rotatable bonds is 9. The Morgan fingerprint density at radius 3 is 2.53 bits per heavy atom. The predicted octanol–water partition coefficient (Wildman–Crippen LogP) is 2.27. The van der Waals surface area contributed by atoms with E-state index in [4.69, 9.17) is 9.15 Å². The molecule has 168 valence electrons. The number of fused-ring (bicyclic) bond motifs is 1. The van der Waals surface area contributed by atoms with Crippen molar-refractivity contribution in [2.75, 3.05) is 12.4 Å². The minimum atomic E-state index is -1.35. The first kappa shape index (κ1) is 23.4. The predicted molar refractivity (Wildman–Crippen MR) is 122 cm³/mol. The Morgan fingerprint density at radius 1 is 1.12 bits per heavy atom. The number of aryl methyl sites for hydroxylation is 2. The fraction of sp³-hybridized carbons (Fsp3) is 0.292. The van der Waals surface area contributed by atoms with Crippen LogP contribution in [0.2, 0.25) is 0 Å². The summed E-state index contributed by atoms with van der Waals surface area (Å²) >= 11 is 1.39. The second kappa shape index (κ2) is 10.4. The SMILES string of the molecule is Cc1cc(OCC(=O)N[C@@H](CSCc2ccccc2)C(=O)[O-])c2c(C)c(C)c(=O)oc2c1. The molecule has 3 aromatic rings. The lowest BCUT2D eigenvalue weighted by Gasteiger charge is -2.20. The maximum atomic E-state index is 12.4. The summed E-state index contributed by atoms with van der Waals surface area (Å²) in [6.07, 6.45) is 0. The van der Waals surface area contributed by atoms with Crippen molar-refractivity contribution in [3.63, 3.8) is 0 Å². The number of nitrogens with one attached hydrogen (secondary N) is 1. The van der Waals surface area contributed by atoms with Gasteiger partial charge in [0.05, 0.1) is 17.4 Å². The molecule has 0 spiro atoms. The highest BCUT2D eigenvalue weighted by atomic mass is 32.2.